The molecule has 1 aliphatic rings. The van der Waals surface area contributed by atoms with Gasteiger partial charge < -0.3 is 5.32 Å². The third kappa shape index (κ3) is 4.03. The van der Waals surface area contributed by atoms with E-state index in [4.69, 9.17) is 11.6 Å². The molecule has 128 valence electrons. The Balaban J connectivity index is 2.09. The first-order valence-electron chi connectivity index (χ1n) is 7.47. The van der Waals surface area contributed by atoms with Gasteiger partial charge >= 0.3 is 0 Å². The molecular formula is C15H22ClN3O3S. The van der Waals surface area contributed by atoms with Gasteiger partial charge in [0.15, 0.2) is 0 Å². The average Bonchev–Trinajstić information content (AvgIpc) is 2.51. The number of hydrogen-bond acceptors (Lipinski definition) is 3. The summed E-state index contributed by atoms with van der Waals surface area (Å²) >= 11 is 6.06. The molecule has 0 unspecified atom stereocenters. The molecule has 0 saturated carbocycles. The number of hydrogen-bond donors (Lipinski definition) is 1. The summed E-state index contributed by atoms with van der Waals surface area (Å²) in [6, 6.07) is 5.32. The Hall–Kier alpha value is -1.15. The average molecular weight is 360 g/mol. The lowest BCUT2D eigenvalue weighted by Crippen LogP contribution is -2.47. The van der Waals surface area contributed by atoms with Crippen LogP contribution in [0.25, 0.3) is 0 Å². The molecule has 8 heteroatoms. The third-order valence-corrected chi connectivity index (χ3v) is 6.38. The van der Waals surface area contributed by atoms with Crippen LogP contribution in [0.4, 0.5) is 5.69 Å². The van der Waals surface area contributed by atoms with Crippen LogP contribution in [0, 0.1) is 12.8 Å². The number of amides is 1. The zero-order valence-electron chi connectivity index (χ0n) is 13.5. The first-order chi connectivity index (χ1) is 10.7. The third-order valence-electron chi connectivity index (χ3n) is 4.07. The van der Waals surface area contributed by atoms with E-state index in [0.29, 0.717) is 30.1 Å². The number of halogens is 1. The van der Waals surface area contributed by atoms with Crippen molar-refractivity contribution in [3.05, 3.63) is 28.8 Å². The normalized spacial score (nSPS) is 19.8. The van der Waals surface area contributed by atoms with E-state index >= 15 is 0 Å². The molecule has 1 atom stereocenters. The molecule has 1 aliphatic heterocycles. The predicted molar refractivity (Wildman–Crippen MR) is 91.7 cm³/mol. The van der Waals surface area contributed by atoms with Crippen LogP contribution in [0.2, 0.25) is 5.02 Å². The van der Waals surface area contributed by atoms with Crippen LogP contribution < -0.4 is 5.32 Å². The van der Waals surface area contributed by atoms with Gasteiger partial charge in [-0.25, -0.2) is 0 Å². The summed E-state index contributed by atoms with van der Waals surface area (Å²) in [4.78, 5) is 12.5. The predicted octanol–water partition coefficient (Wildman–Crippen LogP) is 2.11. The van der Waals surface area contributed by atoms with E-state index in [-0.39, 0.29) is 18.4 Å². The maximum atomic E-state index is 12.5. The Morgan fingerprint density at radius 1 is 1.39 bits per heavy atom. The Morgan fingerprint density at radius 3 is 2.74 bits per heavy atom. The largest absolute Gasteiger partial charge is 0.326 e. The molecule has 1 amide bonds. The standard InChI is InChI=1S/C15H22ClN3O3S/c1-11-13(16)7-4-8-14(11)17-15(20)12-6-5-9-19(10-12)23(21,22)18(2)3/h4,7-8,12H,5-6,9-10H2,1-3H3,(H,17,20)/t12-/m1/s1. The Bertz CT molecular complexity index is 691. The van der Waals surface area contributed by atoms with Crippen molar-refractivity contribution < 1.29 is 13.2 Å². The van der Waals surface area contributed by atoms with Crippen molar-refractivity contribution in [2.75, 3.05) is 32.5 Å². The molecule has 6 nitrogen and oxygen atoms in total. The van der Waals surface area contributed by atoms with Crippen LogP contribution in [0.1, 0.15) is 18.4 Å². The maximum absolute atomic E-state index is 12.5. The summed E-state index contributed by atoms with van der Waals surface area (Å²) in [7, 11) is -0.500. The minimum Gasteiger partial charge on any atom is -0.326 e. The van der Waals surface area contributed by atoms with E-state index in [9.17, 15) is 13.2 Å². The summed E-state index contributed by atoms with van der Waals surface area (Å²) < 4.78 is 27.0. The molecule has 1 aromatic rings. The Kier molecular flexibility index (Phi) is 5.67. The Morgan fingerprint density at radius 2 is 2.09 bits per heavy atom. The molecule has 1 saturated heterocycles. The van der Waals surface area contributed by atoms with Crippen LogP contribution in [-0.4, -0.2) is 50.1 Å². The maximum Gasteiger partial charge on any atom is 0.281 e. The molecule has 2 rings (SSSR count). The van der Waals surface area contributed by atoms with Gasteiger partial charge in [0.1, 0.15) is 0 Å². The molecular weight excluding hydrogens is 338 g/mol. The van der Waals surface area contributed by atoms with E-state index in [0.717, 1.165) is 5.56 Å². The summed E-state index contributed by atoms with van der Waals surface area (Å²) in [6.45, 7) is 2.48. The lowest BCUT2D eigenvalue weighted by molar-refractivity contribution is -0.120. The fourth-order valence-corrected chi connectivity index (χ4v) is 3.94. The van der Waals surface area contributed by atoms with Crippen LogP contribution in [0.15, 0.2) is 18.2 Å². The number of benzene rings is 1. The molecule has 0 bridgehead atoms. The van der Waals surface area contributed by atoms with E-state index in [1.54, 1.807) is 18.2 Å². The SMILES string of the molecule is Cc1c(Cl)cccc1NC(=O)[C@@H]1CCCN(S(=O)(=O)N(C)C)C1. The first-order valence-corrected chi connectivity index (χ1v) is 9.24. The van der Waals surface area contributed by atoms with E-state index < -0.39 is 10.2 Å². The molecule has 1 heterocycles. The van der Waals surface area contributed by atoms with Crippen molar-refractivity contribution in [1.29, 1.82) is 0 Å². The molecule has 23 heavy (non-hydrogen) atoms. The van der Waals surface area contributed by atoms with Crippen LogP contribution in [0.5, 0.6) is 0 Å². The second kappa shape index (κ2) is 7.17. The van der Waals surface area contributed by atoms with E-state index in [1.165, 1.54) is 22.7 Å². The molecule has 1 aromatic carbocycles. The van der Waals surface area contributed by atoms with Crippen molar-refractivity contribution in [3.8, 4) is 0 Å². The summed E-state index contributed by atoms with van der Waals surface area (Å²) in [5.74, 6) is -0.536. The molecule has 1 fully saturated rings. The topological polar surface area (TPSA) is 69.7 Å². The van der Waals surface area contributed by atoms with Gasteiger partial charge in [0.25, 0.3) is 10.2 Å². The van der Waals surface area contributed by atoms with E-state index in [2.05, 4.69) is 5.32 Å². The number of anilines is 1. The summed E-state index contributed by atoms with van der Waals surface area (Å²) in [5, 5.41) is 3.45. The lowest BCUT2D eigenvalue weighted by Gasteiger charge is -2.32. The van der Waals surface area contributed by atoms with Crippen LogP contribution in [-0.2, 0) is 15.0 Å². The number of rotatable bonds is 4. The van der Waals surface area contributed by atoms with Gasteiger partial charge in [-0.2, -0.15) is 17.0 Å². The van der Waals surface area contributed by atoms with Gasteiger partial charge in [0.05, 0.1) is 5.92 Å². The monoisotopic (exact) mass is 359 g/mol. The van der Waals surface area contributed by atoms with Crippen molar-refractivity contribution >= 4 is 33.4 Å². The summed E-state index contributed by atoms with van der Waals surface area (Å²) in [5.41, 5.74) is 1.46. The number of carbonyl (C=O) groups is 1. The minimum absolute atomic E-state index is 0.172. The zero-order chi connectivity index (χ0) is 17.2. The van der Waals surface area contributed by atoms with Crippen molar-refractivity contribution in [1.82, 2.24) is 8.61 Å². The van der Waals surface area contributed by atoms with Gasteiger partial charge in [-0.1, -0.05) is 17.7 Å². The first kappa shape index (κ1) is 18.2. The number of carbonyl (C=O) groups excluding carboxylic acids is 1. The van der Waals surface area contributed by atoms with Gasteiger partial charge in [0, 0.05) is 37.9 Å². The van der Waals surface area contributed by atoms with Crippen LogP contribution in [0.3, 0.4) is 0 Å². The van der Waals surface area contributed by atoms with Crippen LogP contribution >= 0.6 is 11.6 Å². The van der Waals surface area contributed by atoms with Gasteiger partial charge in [-0.05, 0) is 37.5 Å². The molecule has 0 aromatic heterocycles. The van der Waals surface area contributed by atoms with Gasteiger partial charge in [-0.3, -0.25) is 4.79 Å². The Labute approximate surface area is 142 Å². The highest BCUT2D eigenvalue weighted by molar-refractivity contribution is 7.86. The second-order valence-corrected chi connectivity index (χ2v) is 8.44. The number of piperidine rings is 1. The van der Waals surface area contributed by atoms with E-state index in [1.807, 2.05) is 6.92 Å². The van der Waals surface area contributed by atoms with Gasteiger partial charge in [-0.15, -0.1) is 0 Å². The van der Waals surface area contributed by atoms with Crippen molar-refractivity contribution in [2.45, 2.75) is 19.8 Å². The molecule has 0 radical (unpaired) electrons. The molecule has 0 aliphatic carbocycles. The van der Waals surface area contributed by atoms with Crippen molar-refractivity contribution in [3.63, 3.8) is 0 Å². The van der Waals surface area contributed by atoms with Crippen molar-refractivity contribution in [2.24, 2.45) is 5.92 Å². The fraction of sp³-hybridized carbons (Fsp3) is 0.533. The smallest absolute Gasteiger partial charge is 0.281 e. The van der Waals surface area contributed by atoms with Gasteiger partial charge in [0.2, 0.25) is 5.91 Å². The molecule has 1 N–H and O–H groups in total. The highest BCUT2D eigenvalue weighted by Crippen LogP contribution is 2.25. The highest BCUT2D eigenvalue weighted by atomic mass is 35.5. The highest BCUT2D eigenvalue weighted by Gasteiger charge is 2.33. The zero-order valence-corrected chi connectivity index (χ0v) is 15.1. The summed E-state index contributed by atoms with van der Waals surface area (Å²) in [6.07, 6.45) is 1.34. The number of nitrogens with one attached hydrogen (secondary N) is 1. The minimum atomic E-state index is -3.49. The number of nitrogens with zero attached hydrogens (tertiary/aromatic N) is 2. The second-order valence-electron chi connectivity index (χ2n) is 5.89. The molecule has 0 spiro atoms. The lowest BCUT2D eigenvalue weighted by atomic mass is 9.98. The fourth-order valence-electron chi connectivity index (χ4n) is 2.57. The quantitative estimate of drug-likeness (QED) is 0.895.